The van der Waals surface area contributed by atoms with E-state index in [-0.39, 0.29) is 85.0 Å². The van der Waals surface area contributed by atoms with Crippen molar-refractivity contribution in [3.05, 3.63) is 11.8 Å². The molecule has 7 aliphatic heterocycles. The fourth-order valence-corrected chi connectivity index (χ4v) is 13.7. The van der Waals surface area contributed by atoms with Crippen LogP contribution in [0.5, 0.6) is 0 Å². The zero-order valence-corrected chi connectivity index (χ0v) is 39.0. The molecule has 17 nitrogen and oxygen atoms in total. The van der Waals surface area contributed by atoms with Gasteiger partial charge in [0.15, 0.2) is 5.78 Å². The first-order valence-electron chi connectivity index (χ1n) is 25.9. The van der Waals surface area contributed by atoms with Crippen molar-refractivity contribution in [2.45, 2.75) is 131 Å². The first-order chi connectivity index (χ1) is 32.3. The van der Waals surface area contributed by atoms with Crippen LogP contribution in [0.1, 0.15) is 70.6 Å². The number of carbonyl (C=O) groups excluding carboxylic acids is 4. The molecule has 6 saturated heterocycles. The summed E-state index contributed by atoms with van der Waals surface area (Å²) in [7, 11) is 0. The highest BCUT2D eigenvalue weighted by molar-refractivity contribution is 6.20. The maximum Gasteiger partial charge on any atom is 0.259 e. The molecule has 3 amide bonds. The number of amides is 3. The summed E-state index contributed by atoms with van der Waals surface area (Å²) in [5.74, 6) is -0.637. The topological polar surface area (TPSA) is 170 Å². The Labute approximate surface area is 389 Å². The number of carbonyl (C=O) groups is 4. The third kappa shape index (κ3) is 10.4. The summed E-state index contributed by atoms with van der Waals surface area (Å²) in [6.45, 7) is 12.7. The van der Waals surface area contributed by atoms with Crippen LogP contribution in [0.15, 0.2) is 11.8 Å². The van der Waals surface area contributed by atoms with Crippen molar-refractivity contribution < 1.29 is 42.5 Å². The van der Waals surface area contributed by atoms with Gasteiger partial charge in [-0.3, -0.25) is 33.9 Å². The molecule has 10 aliphatic rings. The zero-order chi connectivity index (χ0) is 45.1. The molecule has 10 rings (SSSR count). The van der Waals surface area contributed by atoms with Gasteiger partial charge in [0.1, 0.15) is 6.17 Å². The number of likely N-dealkylation sites (tertiary alicyclic amines) is 2. The summed E-state index contributed by atoms with van der Waals surface area (Å²) in [6, 6.07) is -1.39. The van der Waals surface area contributed by atoms with Crippen LogP contribution in [-0.2, 0) is 38.1 Å². The minimum Gasteiger partial charge on any atom is -0.379 e. The number of morpholine rings is 3. The van der Waals surface area contributed by atoms with Crippen LogP contribution in [0, 0.1) is 17.8 Å². The lowest BCUT2D eigenvalue weighted by molar-refractivity contribution is -0.220. The van der Waals surface area contributed by atoms with Crippen molar-refractivity contribution in [1.29, 1.82) is 0 Å². The Morgan fingerprint density at radius 3 is 2.03 bits per heavy atom. The zero-order valence-electron chi connectivity index (χ0n) is 39.0. The second-order valence-electron chi connectivity index (χ2n) is 21.0. The van der Waals surface area contributed by atoms with Crippen molar-refractivity contribution >= 4 is 23.5 Å². The predicted octanol–water partition coefficient (Wildman–Crippen LogP) is -0.115. The van der Waals surface area contributed by atoms with E-state index in [0.29, 0.717) is 50.9 Å². The van der Waals surface area contributed by atoms with Crippen LogP contribution in [0.4, 0.5) is 4.39 Å². The van der Waals surface area contributed by atoms with E-state index >= 15 is 4.39 Å². The number of ether oxygens (including phenoxy) is 4. The molecule has 3 aliphatic carbocycles. The second-order valence-corrected chi connectivity index (χ2v) is 21.0. The fourth-order valence-electron chi connectivity index (χ4n) is 13.7. The number of nitrogens with one attached hydrogen (secondary N) is 4. The summed E-state index contributed by atoms with van der Waals surface area (Å²) in [5.41, 5.74) is 0.122. The Morgan fingerprint density at radius 2 is 1.33 bits per heavy atom. The number of fused-ring (bicyclic) bond motifs is 5. The lowest BCUT2D eigenvalue weighted by Gasteiger charge is -2.61. The van der Waals surface area contributed by atoms with Gasteiger partial charge in [0.2, 0.25) is 11.8 Å². The molecule has 9 fully saturated rings. The first-order valence-corrected chi connectivity index (χ1v) is 25.9. The molecule has 13 atom stereocenters. The highest BCUT2D eigenvalue weighted by atomic mass is 19.1. The third-order valence-electron chi connectivity index (χ3n) is 16.9. The van der Waals surface area contributed by atoms with Gasteiger partial charge >= 0.3 is 0 Å². The normalized spacial score (nSPS) is 38.3. The van der Waals surface area contributed by atoms with Crippen LogP contribution in [0.2, 0.25) is 0 Å². The Balaban J connectivity index is 0.782. The number of rotatable bonds is 16. The molecule has 0 aromatic heterocycles. The van der Waals surface area contributed by atoms with Crippen molar-refractivity contribution in [3.8, 4) is 0 Å². The van der Waals surface area contributed by atoms with Gasteiger partial charge in [-0.05, 0) is 95.8 Å². The molecule has 11 unspecified atom stereocenters. The largest absolute Gasteiger partial charge is 0.379 e. The minimum atomic E-state index is -1.34. The lowest BCUT2D eigenvalue weighted by atomic mass is 9.67. The molecule has 0 bridgehead atoms. The van der Waals surface area contributed by atoms with E-state index in [9.17, 15) is 19.2 Å². The Morgan fingerprint density at radius 1 is 0.682 bits per heavy atom. The average molecular weight is 926 g/mol. The van der Waals surface area contributed by atoms with Gasteiger partial charge in [0.25, 0.3) is 5.91 Å². The van der Waals surface area contributed by atoms with E-state index in [0.717, 1.165) is 117 Å². The van der Waals surface area contributed by atoms with Gasteiger partial charge in [-0.2, -0.15) is 0 Å². The summed E-state index contributed by atoms with van der Waals surface area (Å²) in [4.78, 5) is 66.0. The molecule has 4 N–H and O–H groups in total. The summed E-state index contributed by atoms with van der Waals surface area (Å²) in [5, 5.41) is 12.9. The van der Waals surface area contributed by atoms with Crippen LogP contribution in [-0.4, -0.2) is 227 Å². The molecule has 66 heavy (non-hydrogen) atoms. The maximum atomic E-state index is 17.1. The predicted molar refractivity (Wildman–Crippen MR) is 242 cm³/mol. The van der Waals surface area contributed by atoms with E-state index in [1.807, 2.05) is 6.20 Å². The Bertz CT molecular complexity index is 1750. The third-order valence-corrected chi connectivity index (χ3v) is 16.9. The number of hydrogen-bond acceptors (Lipinski definition) is 14. The molecule has 3 saturated carbocycles. The van der Waals surface area contributed by atoms with Gasteiger partial charge in [0.05, 0.1) is 87.6 Å². The molecule has 0 aromatic carbocycles. The molecule has 18 heteroatoms. The average Bonchev–Trinajstić information content (AvgIpc) is 4.08. The van der Waals surface area contributed by atoms with E-state index in [4.69, 9.17) is 18.9 Å². The van der Waals surface area contributed by atoms with Crippen LogP contribution in [0.25, 0.3) is 0 Å². The molecule has 0 spiro atoms. The number of Topliss-reactive ketones (excluding diaryl/α,β-unsaturated/α-hetero) is 1. The van der Waals surface area contributed by atoms with Crippen molar-refractivity contribution in [3.63, 3.8) is 0 Å². The van der Waals surface area contributed by atoms with E-state index < -0.39 is 30.3 Å². The van der Waals surface area contributed by atoms with E-state index in [1.165, 1.54) is 12.8 Å². The van der Waals surface area contributed by atoms with Crippen LogP contribution >= 0.6 is 0 Å². The van der Waals surface area contributed by atoms with Gasteiger partial charge in [-0.15, -0.1) is 0 Å². The van der Waals surface area contributed by atoms with Crippen molar-refractivity contribution in [1.82, 2.24) is 45.8 Å². The van der Waals surface area contributed by atoms with Crippen molar-refractivity contribution in [2.75, 3.05) is 118 Å². The second kappa shape index (κ2) is 21.5. The summed E-state index contributed by atoms with van der Waals surface area (Å²) in [6.07, 6.45) is 9.57. The van der Waals surface area contributed by atoms with Crippen molar-refractivity contribution in [2.24, 2.45) is 17.8 Å². The van der Waals surface area contributed by atoms with Gasteiger partial charge < -0.3 is 50.0 Å². The monoisotopic (exact) mass is 926 g/mol. The highest BCUT2D eigenvalue weighted by Gasteiger charge is 2.62. The molecule has 0 aromatic rings. The SMILES string of the molecule is O=C(CNCCCN1CCOCC1)N[C@@H]1CCN(C(=O)C2=CN3C4CC5OC6CCCCC6C5CC4OC4C(N5CC[C@@H](NC(=O)CNCCCN6CCOCC6)C5)C(F)CC(C2=O)C43)C1. The number of nitrogens with zero attached hydrogens (tertiary/aromatic N) is 5. The van der Waals surface area contributed by atoms with Gasteiger partial charge in [0, 0.05) is 76.6 Å². The minimum absolute atomic E-state index is 0.0132. The van der Waals surface area contributed by atoms with Gasteiger partial charge in [-0.1, -0.05) is 12.8 Å². The Kier molecular flexibility index (Phi) is 15.2. The summed E-state index contributed by atoms with van der Waals surface area (Å²) >= 11 is 0. The maximum absolute atomic E-state index is 17.1. The molecule has 0 radical (unpaired) electrons. The quantitative estimate of drug-likeness (QED) is 0.120. The standard InChI is InChI=1S/C48H76FN9O8/c49-37-23-35-44-47(45(37)56-13-7-31(28-56)52-42(59)26-50-9-3-11-54-15-19-63-20-16-54)66-41-24-34-33-5-1-2-6-39(33)65-40(34)25-38(41)58(44)30-36(46(35)61)48(62)57-14-8-32(29-57)53-43(60)27-51-10-4-12-55-17-21-64-22-18-55/h30-35,37-41,44-45,47,50-51H,1-29H2,(H,52,59)(H,53,60)/t31-,32-,33?,34?,35?,37?,38?,39?,40?,41?,44?,45?,47?/m1/s1. The smallest absolute Gasteiger partial charge is 0.259 e. The number of hydrogen-bond donors (Lipinski definition) is 4. The lowest BCUT2D eigenvalue weighted by Crippen LogP contribution is -2.73. The summed E-state index contributed by atoms with van der Waals surface area (Å²) < 4.78 is 42.0. The highest BCUT2D eigenvalue weighted by Crippen LogP contribution is 2.53. The number of alkyl halides is 1. The van der Waals surface area contributed by atoms with E-state index in [1.54, 1.807) is 4.90 Å². The number of ketones is 1. The Hall–Kier alpha value is -2.81. The molecular formula is C48H76FN9O8. The van der Waals surface area contributed by atoms with Gasteiger partial charge in [-0.25, -0.2) is 4.39 Å². The van der Waals surface area contributed by atoms with E-state index in [2.05, 4.69) is 40.9 Å². The molecule has 368 valence electrons. The molecular weight excluding hydrogens is 850 g/mol. The fraction of sp³-hybridized carbons (Fsp3) is 0.875. The van der Waals surface area contributed by atoms with Crippen LogP contribution in [0.3, 0.4) is 0 Å². The van der Waals surface area contributed by atoms with Crippen LogP contribution < -0.4 is 21.3 Å². The molecule has 7 heterocycles. The first kappa shape index (κ1) is 46.9. The number of halogens is 1.